The van der Waals surface area contributed by atoms with Crippen LogP contribution in [0.15, 0.2) is 11.0 Å². The summed E-state index contributed by atoms with van der Waals surface area (Å²) in [5.74, 6) is -0.820. The summed E-state index contributed by atoms with van der Waals surface area (Å²) in [6.45, 7) is -0.0982. The van der Waals surface area contributed by atoms with Gasteiger partial charge in [-0.05, 0) is 6.42 Å². The molecule has 0 unspecified atom stereocenters. The summed E-state index contributed by atoms with van der Waals surface area (Å²) in [5.41, 5.74) is -0.407. The number of rotatable bonds is 7. The SMILES string of the molecule is COC(=O)Cn1ncc(NCCCS(N)(=O)=O)c(Cl)c1=O. The second-order valence-electron chi connectivity index (χ2n) is 4.06. The van der Waals surface area contributed by atoms with Crippen LogP contribution in [0.3, 0.4) is 0 Å². The van der Waals surface area contributed by atoms with Gasteiger partial charge in [0.25, 0.3) is 5.56 Å². The van der Waals surface area contributed by atoms with Crippen molar-refractivity contribution in [3.05, 3.63) is 21.6 Å². The van der Waals surface area contributed by atoms with Crippen molar-refractivity contribution in [3.8, 4) is 0 Å². The minimum Gasteiger partial charge on any atom is -0.468 e. The Bertz CT molecular complexity index is 673. The molecule has 3 N–H and O–H groups in total. The number of hydrogen-bond donors (Lipinski definition) is 2. The molecule has 0 aliphatic carbocycles. The zero-order valence-electron chi connectivity index (χ0n) is 11.2. The Balaban J connectivity index is 2.71. The quantitative estimate of drug-likeness (QED) is 0.489. The number of primary sulfonamides is 1. The Hall–Kier alpha value is -1.65. The first-order chi connectivity index (χ1) is 9.74. The van der Waals surface area contributed by atoms with Crippen LogP contribution in [0, 0.1) is 0 Å². The van der Waals surface area contributed by atoms with E-state index in [-0.39, 0.29) is 36.0 Å². The standard InChI is InChI=1S/C10H15ClN4O5S/c1-20-8(16)6-15-10(17)9(11)7(5-14-15)13-3-2-4-21(12,18)19/h5,13H,2-4,6H2,1H3,(H2,12,18,19). The van der Waals surface area contributed by atoms with Gasteiger partial charge >= 0.3 is 5.97 Å². The lowest BCUT2D eigenvalue weighted by Crippen LogP contribution is -2.28. The van der Waals surface area contributed by atoms with E-state index in [4.69, 9.17) is 16.7 Å². The van der Waals surface area contributed by atoms with E-state index in [0.29, 0.717) is 0 Å². The van der Waals surface area contributed by atoms with E-state index in [1.807, 2.05) is 0 Å². The van der Waals surface area contributed by atoms with Gasteiger partial charge in [-0.15, -0.1) is 0 Å². The lowest BCUT2D eigenvalue weighted by atomic mass is 10.4. The molecule has 0 saturated heterocycles. The van der Waals surface area contributed by atoms with Gasteiger partial charge in [0.15, 0.2) is 0 Å². The molecule has 1 aromatic rings. The highest BCUT2D eigenvalue weighted by atomic mass is 35.5. The monoisotopic (exact) mass is 338 g/mol. The number of nitrogens with two attached hydrogens (primary N) is 1. The summed E-state index contributed by atoms with van der Waals surface area (Å²) in [4.78, 5) is 22.9. The zero-order chi connectivity index (χ0) is 16.0. The molecule has 11 heteroatoms. The minimum atomic E-state index is -3.53. The summed E-state index contributed by atoms with van der Waals surface area (Å²) in [6, 6.07) is 0. The highest BCUT2D eigenvalue weighted by molar-refractivity contribution is 7.89. The van der Waals surface area contributed by atoms with Crippen LogP contribution in [0.25, 0.3) is 0 Å². The van der Waals surface area contributed by atoms with Gasteiger partial charge in [-0.1, -0.05) is 11.6 Å². The van der Waals surface area contributed by atoms with E-state index in [0.717, 1.165) is 4.68 Å². The van der Waals surface area contributed by atoms with Gasteiger partial charge in [0.1, 0.15) is 11.6 Å². The molecule has 0 fully saturated rings. The van der Waals surface area contributed by atoms with Crippen LogP contribution < -0.4 is 16.0 Å². The molecule has 1 aromatic heterocycles. The van der Waals surface area contributed by atoms with Crippen LogP contribution in [0.2, 0.25) is 5.02 Å². The fourth-order valence-corrected chi connectivity index (χ4v) is 2.14. The molecule has 1 rings (SSSR count). The molecule has 0 atom stereocenters. The Morgan fingerprint density at radius 2 is 2.24 bits per heavy atom. The second-order valence-corrected chi connectivity index (χ2v) is 6.17. The van der Waals surface area contributed by atoms with Gasteiger partial charge in [-0.3, -0.25) is 9.59 Å². The van der Waals surface area contributed by atoms with Crippen LogP contribution in [-0.2, 0) is 26.1 Å². The molecule has 0 spiro atoms. The number of anilines is 1. The molecule has 0 amide bonds. The van der Waals surface area contributed by atoms with Crippen molar-refractivity contribution in [2.24, 2.45) is 5.14 Å². The summed E-state index contributed by atoms with van der Waals surface area (Å²) in [6.07, 6.45) is 1.52. The third-order valence-corrected chi connectivity index (χ3v) is 3.64. The van der Waals surface area contributed by atoms with Gasteiger partial charge in [0.05, 0.1) is 24.7 Å². The number of carbonyl (C=O) groups is 1. The molecule has 0 aliphatic rings. The number of aromatic nitrogens is 2. The first-order valence-corrected chi connectivity index (χ1v) is 7.90. The average molecular weight is 339 g/mol. The van der Waals surface area contributed by atoms with E-state index in [2.05, 4.69) is 15.2 Å². The highest BCUT2D eigenvalue weighted by Gasteiger charge is 2.12. The molecule has 21 heavy (non-hydrogen) atoms. The molecule has 9 nitrogen and oxygen atoms in total. The number of esters is 1. The predicted molar refractivity (Wildman–Crippen MR) is 76.6 cm³/mol. The van der Waals surface area contributed by atoms with Gasteiger partial charge in [-0.2, -0.15) is 5.10 Å². The first kappa shape index (κ1) is 17.4. The van der Waals surface area contributed by atoms with Gasteiger partial charge < -0.3 is 10.1 Å². The smallest absolute Gasteiger partial charge is 0.327 e. The Labute approximate surface area is 126 Å². The van der Waals surface area contributed by atoms with Gasteiger partial charge in [-0.25, -0.2) is 18.2 Å². The van der Waals surface area contributed by atoms with Crippen molar-refractivity contribution in [2.75, 3.05) is 24.7 Å². The number of sulfonamides is 1. The zero-order valence-corrected chi connectivity index (χ0v) is 12.8. The Morgan fingerprint density at radius 1 is 1.57 bits per heavy atom. The molecule has 0 aromatic carbocycles. The number of carbonyl (C=O) groups excluding carboxylic acids is 1. The van der Waals surface area contributed by atoms with E-state index >= 15 is 0 Å². The fourth-order valence-electron chi connectivity index (χ4n) is 1.38. The van der Waals surface area contributed by atoms with Crippen LogP contribution in [-0.4, -0.2) is 43.6 Å². The number of halogens is 1. The number of nitrogens with zero attached hydrogens (tertiary/aromatic N) is 2. The van der Waals surface area contributed by atoms with E-state index < -0.39 is 21.6 Å². The summed E-state index contributed by atoms with van der Waals surface area (Å²) in [5, 5.41) is 11.3. The minimum absolute atomic E-state index is 0.149. The molecule has 0 saturated carbocycles. The number of hydrogen-bond acceptors (Lipinski definition) is 7. The topological polar surface area (TPSA) is 133 Å². The normalized spacial score (nSPS) is 11.2. The van der Waals surface area contributed by atoms with Crippen molar-refractivity contribution >= 4 is 33.3 Å². The highest BCUT2D eigenvalue weighted by Crippen LogP contribution is 2.14. The second kappa shape index (κ2) is 7.38. The predicted octanol–water partition coefficient (Wildman–Crippen LogP) is -0.840. The van der Waals surface area contributed by atoms with E-state index in [1.54, 1.807) is 0 Å². The lowest BCUT2D eigenvalue weighted by molar-refractivity contribution is -0.141. The van der Waals surface area contributed by atoms with Crippen LogP contribution in [0.1, 0.15) is 6.42 Å². The molecule has 0 aliphatic heterocycles. The molecule has 118 valence electrons. The number of ether oxygens (including phenoxy) is 1. The van der Waals surface area contributed by atoms with Crippen LogP contribution in [0.5, 0.6) is 0 Å². The number of methoxy groups -OCH3 is 1. The largest absolute Gasteiger partial charge is 0.468 e. The van der Waals surface area contributed by atoms with E-state index in [1.165, 1.54) is 13.3 Å². The molecular weight excluding hydrogens is 324 g/mol. The van der Waals surface area contributed by atoms with Crippen LogP contribution >= 0.6 is 11.6 Å². The maximum atomic E-state index is 11.8. The summed E-state index contributed by atoms with van der Waals surface area (Å²) in [7, 11) is -2.33. The lowest BCUT2D eigenvalue weighted by Gasteiger charge is -2.09. The van der Waals surface area contributed by atoms with Crippen molar-refractivity contribution in [1.29, 1.82) is 0 Å². The van der Waals surface area contributed by atoms with E-state index in [9.17, 15) is 18.0 Å². The molecule has 0 bridgehead atoms. The Kier molecular flexibility index (Phi) is 6.12. The maximum absolute atomic E-state index is 11.8. The Morgan fingerprint density at radius 3 is 2.81 bits per heavy atom. The first-order valence-electron chi connectivity index (χ1n) is 5.81. The van der Waals surface area contributed by atoms with Crippen LogP contribution in [0.4, 0.5) is 5.69 Å². The fraction of sp³-hybridized carbons (Fsp3) is 0.500. The third-order valence-electron chi connectivity index (χ3n) is 2.41. The number of nitrogens with one attached hydrogen (secondary N) is 1. The van der Waals surface area contributed by atoms with Crippen molar-refractivity contribution in [3.63, 3.8) is 0 Å². The third kappa shape index (κ3) is 5.69. The van der Waals surface area contributed by atoms with Gasteiger partial charge in [0, 0.05) is 6.54 Å². The molecule has 1 heterocycles. The van der Waals surface area contributed by atoms with Crippen molar-refractivity contribution in [2.45, 2.75) is 13.0 Å². The molecule has 0 radical (unpaired) electrons. The van der Waals surface area contributed by atoms with Crippen molar-refractivity contribution in [1.82, 2.24) is 9.78 Å². The van der Waals surface area contributed by atoms with Gasteiger partial charge in [0.2, 0.25) is 10.0 Å². The molecular formula is C10H15ClN4O5S. The van der Waals surface area contributed by atoms with Crippen molar-refractivity contribution < 1.29 is 17.9 Å². The maximum Gasteiger partial charge on any atom is 0.327 e. The summed E-state index contributed by atoms with van der Waals surface area (Å²) >= 11 is 5.86. The average Bonchev–Trinajstić information content (AvgIpc) is 2.40. The summed E-state index contributed by atoms with van der Waals surface area (Å²) < 4.78 is 26.8.